The Kier molecular flexibility index (Phi) is 4.20. The highest BCUT2D eigenvalue weighted by atomic mass is 32.1. The van der Waals surface area contributed by atoms with Gasteiger partial charge in [0.1, 0.15) is 12.4 Å². The molecule has 0 atom stereocenters. The fraction of sp³-hybridized carbons (Fsp3) is 0.312. The Morgan fingerprint density at radius 2 is 2.09 bits per heavy atom. The van der Waals surface area contributed by atoms with Crippen LogP contribution in [-0.4, -0.2) is 25.9 Å². The number of hydrogen-bond donors (Lipinski definition) is 1. The van der Waals surface area contributed by atoms with Gasteiger partial charge >= 0.3 is 0 Å². The van der Waals surface area contributed by atoms with E-state index < -0.39 is 0 Å². The van der Waals surface area contributed by atoms with Crippen molar-refractivity contribution >= 4 is 17.2 Å². The predicted octanol–water partition coefficient (Wildman–Crippen LogP) is 2.90. The molecule has 116 valence electrons. The Balaban J connectivity index is 1.47. The summed E-state index contributed by atoms with van der Waals surface area (Å²) in [4.78, 5) is 14.2. The summed E-state index contributed by atoms with van der Waals surface area (Å²) < 4.78 is 16.1. The van der Waals surface area contributed by atoms with Crippen molar-refractivity contribution in [2.45, 2.75) is 13.8 Å². The molecule has 1 aliphatic rings. The van der Waals surface area contributed by atoms with E-state index in [0.29, 0.717) is 24.7 Å². The molecule has 0 aliphatic carbocycles. The number of carbonyl (C=O) groups is 1. The number of carbonyl (C=O) groups excluding carboxylic acids is 1. The Labute approximate surface area is 132 Å². The topological polar surface area (TPSA) is 56.8 Å². The number of amides is 1. The van der Waals surface area contributed by atoms with Crippen LogP contribution in [0, 0.1) is 13.8 Å². The zero-order valence-electron chi connectivity index (χ0n) is 12.5. The number of benzene rings is 1. The smallest absolute Gasteiger partial charge is 0.252 e. The van der Waals surface area contributed by atoms with Gasteiger partial charge in [-0.2, -0.15) is 0 Å². The normalized spacial score (nSPS) is 12.3. The lowest BCUT2D eigenvalue weighted by Crippen LogP contribution is -2.28. The minimum Gasteiger partial charge on any atom is -0.492 e. The van der Waals surface area contributed by atoms with Crippen LogP contribution in [-0.2, 0) is 0 Å². The molecule has 0 spiro atoms. The van der Waals surface area contributed by atoms with Gasteiger partial charge in [0.05, 0.1) is 12.1 Å². The Hall–Kier alpha value is -2.21. The number of thiophene rings is 1. The fourth-order valence-corrected chi connectivity index (χ4v) is 3.17. The van der Waals surface area contributed by atoms with Crippen LogP contribution >= 0.6 is 11.3 Å². The number of rotatable bonds is 5. The molecular formula is C16H17NO4S. The molecule has 0 saturated heterocycles. The third-order valence-electron chi connectivity index (χ3n) is 3.29. The van der Waals surface area contributed by atoms with Gasteiger partial charge in [0, 0.05) is 15.8 Å². The molecule has 22 heavy (non-hydrogen) atoms. The maximum absolute atomic E-state index is 12.0. The van der Waals surface area contributed by atoms with Gasteiger partial charge in [0.15, 0.2) is 11.5 Å². The third-order valence-corrected chi connectivity index (χ3v) is 4.25. The monoisotopic (exact) mass is 319 g/mol. The first kappa shape index (κ1) is 14.7. The summed E-state index contributed by atoms with van der Waals surface area (Å²) in [5, 5.41) is 2.86. The van der Waals surface area contributed by atoms with Crippen molar-refractivity contribution in [1.29, 1.82) is 0 Å². The molecule has 2 aromatic rings. The van der Waals surface area contributed by atoms with Crippen molar-refractivity contribution in [1.82, 2.24) is 5.32 Å². The van der Waals surface area contributed by atoms with Crippen molar-refractivity contribution in [3.05, 3.63) is 39.6 Å². The van der Waals surface area contributed by atoms with Gasteiger partial charge in [0.2, 0.25) is 6.79 Å². The number of nitrogens with one attached hydrogen (secondary N) is 1. The Bertz CT molecular complexity index is 695. The van der Waals surface area contributed by atoms with Crippen molar-refractivity contribution in [3.8, 4) is 17.2 Å². The van der Waals surface area contributed by atoms with E-state index >= 15 is 0 Å². The molecule has 0 radical (unpaired) electrons. The van der Waals surface area contributed by atoms with Crippen molar-refractivity contribution < 1.29 is 19.0 Å². The van der Waals surface area contributed by atoms with Crippen LogP contribution in [0.1, 0.15) is 20.1 Å². The number of ether oxygens (including phenoxy) is 3. The minimum absolute atomic E-state index is 0.0591. The zero-order valence-corrected chi connectivity index (χ0v) is 13.3. The molecule has 1 N–H and O–H groups in total. The van der Waals surface area contributed by atoms with Crippen molar-refractivity contribution in [2.75, 3.05) is 19.9 Å². The highest BCUT2D eigenvalue weighted by Crippen LogP contribution is 2.34. The first-order valence-corrected chi connectivity index (χ1v) is 7.83. The van der Waals surface area contributed by atoms with E-state index in [4.69, 9.17) is 14.2 Å². The molecule has 3 rings (SSSR count). The first-order valence-electron chi connectivity index (χ1n) is 7.01. The summed E-state index contributed by atoms with van der Waals surface area (Å²) in [6.07, 6.45) is 0. The quantitative estimate of drug-likeness (QED) is 0.861. The summed E-state index contributed by atoms with van der Waals surface area (Å²) in [6.45, 7) is 5.04. The van der Waals surface area contributed by atoms with Gasteiger partial charge < -0.3 is 19.5 Å². The molecule has 0 fully saturated rings. The maximum atomic E-state index is 12.0. The Morgan fingerprint density at radius 3 is 2.86 bits per heavy atom. The van der Waals surface area contributed by atoms with E-state index in [1.54, 1.807) is 17.4 Å². The molecular weight excluding hydrogens is 302 g/mol. The molecule has 5 nitrogen and oxygen atoms in total. The lowest BCUT2D eigenvalue weighted by Gasteiger charge is -2.08. The van der Waals surface area contributed by atoms with Crippen LogP contribution in [0.3, 0.4) is 0 Å². The van der Waals surface area contributed by atoms with Gasteiger partial charge in [-0.25, -0.2) is 0 Å². The van der Waals surface area contributed by atoms with Gasteiger partial charge in [0.25, 0.3) is 5.91 Å². The van der Waals surface area contributed by atoms with Gasteiger partial charge in [-0.1, -0.05) is 0 Å². The van der Waals surface area contributed by atoms with Crippen LogP contribution in [0.2, 0.25) is 0 Å². The van der Waals surface area contributed by atoms with Gasteiger partial charge in [-0.05, 0) is 32.0 Å². The van der Waals surface area contributed by atoms with Crippen LogP contribution in [0.4, 0.5) is 0 Å². The van der Waals surface area contributed by atoms with E-state index in [-0.39, 0.29) is 12.7 Å². The first-order chi connectivity index (χ1) is 10.6. The average molecular weight is 319 g/mol. The molecule has 1 aromatic heterocycles. The number of aryl methyl sites for hydroxylation is 2. The third kappa shape index (κ3) is 3.17. The predicted molar refractivity (Wildman–Crippen MR) is 84.2 cm³/mol. The molecule has 1 aliphatic heterocycles. The second-order valence-electron chi connectivity index (χ2n) is 4.95. The van der Waals surface area contributed by atoms with Crippen molar-refractivity contribution in [2.24, 2.45) is 0 Å². The molecule has 0 unspecified atom stereocenters. The zero-order chi connectivity index (χ0) is 15.5. The molecule has 1 aromatic carbocycles. The van der Waals surface area contributed by atoms with Crippen LogP contribution in [0.15, 0.2) is 24.3 Å². The minimum atomic E-state index is -0.0591. The van der Waals surface area contributed by atoms with Crippen LogP contribution < -0.4 is 19.5 Å². The van der Waals surface area contributed by atoms with Crippen LogP contribution in [0.5, 0.6) is 17.2 Å². The molecule has 1 amide bonds. The van der Waals surface area contributed by atoms with E-state index in [0.717, 1.165) is 21.1 Å². The van der Waals surface area contributed by atoms with Crippen LogP contribution in [0.25, 0.3) is 0 Å². The maximum Gasteiger partial charge on any atom is 0.252 e. The lowest BCUT2D eigenvalue weighted by molar-refractivity contribution is 0.0947. The molecule has 0 bridgehead atoms. The summed E-state index contributed by atoms with van der Waals surface area (Å²) in [7, 11) is 0. The number of hydrogen-bond acceptors (Lipinski definition) is 5. The molecule has 6 heteroatoms. The number of fused-ring (bicyclic) bond motifs is 1. The SMILES string of the molecule is Cc1cc(C(=O)NCCOc2ccc3c(c2)OCO3)c(C)s1. The van der Waals surface area contributed by atoms with E-state index in [9.17, 15) is 4.79 Å². The summed E-state index contributed by atoms with van der Waals surface area (Å²) in [5.74, 6) is 2.05. The fourth-order valence-electron chi connectivity index (χ4n) is 2.25. The van der Waals surface area contributed by atoms with E-state index in [1.165, 1.54) is 0 Å². The average Bonchev–Trinajstić information content (AvgIpc) is 3.08. The van der Waals surface area contributed by atoms with E-state index in [2.05, 4.69) is 5.32 Å². The summed E-state index contributed by atoms with van der Waals surface area (Å²) in [6, 6.07) is 7.33. The Morgan fingerprint density at radius 1 is 1.27 bits per heavy atom. The molecule has 0 saturated carbocycles. The second kappa shape index (κ2) is 6.27. The van der Waals surface area contributed by atoms with Crippen molar-refractivity contribution in [3.63, 3.8) is 0 Å². The highest BCUT2D eigenvalue weighted by molar-refractivity contribution is 7.12. The second-order valence-corrected chi connectivity index (χ2v) is 6.41. The van der Waals surface area contributed by atoms with Gasteiger partial charge in [-0.3, -0.25) is 4.79 Å². The summed E-state index contributed by atoms with van der Waals surface area (Å²) in [5.41, 5.74) is 0.741. The lowest BCUT2D eigenvalue weighted by atomic mass is 10.2. The standard InChI is InChI=1S/C16H17NO4S/c1-10-7-13(11(2)22-10)16(18)17-5-6-19-12-3-4-14-15(8-12)21-9-20-14/h3-4,7-8H,5-6,9H2,1-2H3,(H,17,18). The summed E-state index contributed by atoms with van der Waals surface area (Å²) >= 11 is 1.63. The highest BCUT2D eigenvalue weighted by Gasteiger charge is 2.14. The largest absolute Gasteiger partial charge is 0.492 e. The van der Waals surface area contributed by atoms with E-state index in [1.807, 2.05) is 32.0 Å². The molecule has 2 heterocycles. The van der Waals surface area contributed by atoms with Gasteiger partial charge in [-0.15, -0.1) is 11.3 Å².